The number of halogens is 2. The van der Waals surface area contributed by atoms with E-state index in [0.29, 0.717) is 6.42 Å². The Labute approximate surface area is 109 Å². The maximum atomic E-state index is 13.2. The standard InChI is InChI=1S/C14H12F2N2O/c15-12-8-7-11(14(16)18-12)17-13(19)9-6-10-4-2-1-3-5-10/h1-5,7-8H,6,9H2,(H,17,19). The Morgan fingerprint density at radius 1 is 1.11 bits per heavy atom. The van der Waals surface area contributed by atoms with Gasteiger partial charge in [-0.2, -0.15) is 13.8 Å². The number of benzene rings is 1. The molecule has 0 fully saturated rings. The van der Waals surface area contributed by atoms with Gasteiger partial charge in [0.25, 0.3) is 0 Å². The van der Waals surface area contributed by atoms with E-state index >= 15 is 0 Å². The van der Waals surface area contributed by atoms with E-state index in [1.165, 1.54) is 0 Å². The molecule has 2 rings (SSSR count). The van der Waals surface area contributed by atoms with Crippen molar-refractivity contribution >= 4 is 11.6 Å². The van der Waals surface area contributed by atoms with Crippen molar-refractivity contribution in [2.75, 3.05) is 5.32 Å². The third-order valence-electron chi connectivity index (χ3n) is 2.57. The molecule has 0 aliphatic rings. The first kappa shape index (κ1) is 13.1. The van der Waals surface area contributed by atoms with E-state index in [-0.39, 0.29) is 18.0 Å². The number of aromatic nitrogens is 1. The van der Waals surface area contributed by atoms with Gasteiger partial charge in [-0.1, -0.05) is 30.3 Å². The van der Waals surface area contributed by atoms with E-state index in [1.807, 2.05) is 30.3 Å². The van der Waals surface area contributed by atoms with Crippen molar-refractivity contribution in [3.8, 4) is 0 Å². The van der Waals surface area contributed by atoms with Gasteiger partial charge < -0.3 is 5.32 Å². The molecule has 3 nitrogen and oxygen atoms in total. The third kappa shape index (κ3) is 3.84. The highest BCUT2D eigenvalue weighted by molar-refractivity contribution is 5.90. The predicted molar refractivity (Wildman–Crippen MR) is 67.5 cm³/mol. The SMILES string of the molecule is O=C(CCc1ccccc1)Nc1ccc(F)nc1F. The average Bonchev–Trinajstić information content (AvgIpc) is 2.41. The van der Waals surface area contributed by atoms with Gasteiger partial charge in [0.1, 0.15) is 0 Å². The highest BCUT2D eigenvalue weighted by Gasteiger charge is 2.09. The summed E-state index contributed by atoms with van der Waals surface area (Å²) in [6.45, 7) is 0. The molecular formula is C14H12F2N2O. The first-order valence-corrected chi connectivity index (χ1v) is 5.81. The van der Waals surface area contributed by atoms with Crippen molar-refractivity contribution in [2.45, 2.75) is 12.8 Å². The van der Waals surface area contributed by atoms with Crippen LogP contribution in [0.2, 0.25) is 0 Å². The van der Waals surface area contributed by atoms with Crippen LogP contribution in [-0.4, -0.2) is 10.9 Å². The van der Waals surface area contributed by atoms with Crippen LogP contribution < -0.4 is 5.32 Å². The number of anilines is 1. The fourth-order valence-electron chi connectivity index (χ4n) is 1.62. The molecule has 1 amide bonds. The largest absolute Gasteiger partial charge is 0.322 e. The van der Waals surface area contributed by atoms with Crippen LogP contribution in [0, 0.1) is 11.9 Å². The molecule has 1 aromatic carbocycles. The lowest BCUT2D eigenvalue weighted by atomic mass is 10.1. The second-order valence-electron chi connectivity index (χ2n) is 4.01. The number of amides is 1. The zero-order valence-electron chi connectivity index (χ0n) is 10.1. The van der Waals surface area contributed by atoms with Crippen LogP contribution in [0.3, 0.4) is 0 Å². The first-order chi connectivity index (χ1) is 9.15. The Morgan fingerprint density at radius 3 is 2.53 bits per heavy atom. The van der Waals surface area contributed by atoms with Gasteiger partial charge in [-0.15, -0.1) is 0 Å². The average molecular weight is 262 g/mol. The number of carbonyl (C=O) groups excluding carboxylic acids is 1. The van der Waals surface area contributed by atoms with Crippen molar-refractivity contribution < 1.29 is 13.6 Å². The molecule has 0 spiro atoms. The number of carbonyl (C=O) groups is 1. The van der Waals surface area contributed by atoms with E-state index < -0.39 is 11.9 Å². The van der Waals surface area contributed by atoms with Crippen molar-refractivity contribution in [3.05, 3.63) is 59.9 Å². The number of hydrogen-bond donors (Lipinski definition) is 1. The molecule has 98 valence electrons. The van der Waals surface area contributed by atoms with Gasteiger partial charge >= 0.3 is 0 Å². The molecule has 1 heterocycles. The maximum Gasteiger partial charge on any atom is 0.239 e. The lowest BCUT2D eigenvalue weighted by Crippen LogP contribution is -2.14. The molecule has 0 aliphatic carbocycles. The summed E-state index contributed by atoms with van der Waals surface area (Å²) >= 11 is 0. The summed E-state index contributed by atoms with van der Waals surface area (Å²) < 4.78 is 25.8. The fourth-order valence-corrected chi connectivity index (χ4v) is 1.62. The van der Waals surface area contributed by atoms with Crippen molar-refractivity contribution in [3.63, 3.8) is 0 Å². The molecule has 0 aliphatic heterocycles. The molecule has 19 heavy (non-hydrogen) atoms. The van der Waals surface area contributed by atoms with Crippen LogP contribution in [-0.2, 0) is 11.2 Å². The van der Waals surface area contributed by atoms with Gasteiger partial charge in [0.2, 0.25) is 17.8 Å². The van der Waals surface area contributed by atoms with E-state index in [9.17, 15) is 13.6 Å². The zero-order chi connectivity index (χ0) is 13.7. The van der Waals surface area contributed by atoms with Crippen LogP contribution in [0.25, 0.3) is 0 Å². The number of nitrogens with one attached hydrogen (secondary N) is 1. The van der Waals surface area contributed by atoms with Crippen molar-refractivity contribution in [2.24, 2.45) is 0 Å². The van der Waals surface area contributed by atoms with Crippen LogP contribution in [0.15, 0.2) is 42.5 Å². The molecule has 0 bridgehead atoms. The number of pyridine rings is 1. The van der Waals surface area contributed by atoms with Crippen LogP contribution in [0.1, 0.15) is 12.0 Å². The van der Waals surface area contributed by atoms with E-state index in [1.54, 1.807) is 0 Å². The van der Waals surface area contributed by atoms with E-state index in [2.05, 4.69) is 10.3 Å². The quantitative estimate of drug-likeness (QED) is 0.861. The van der Waals surface area contributed by atoms with Gasteiger partial charge in [0, 0.05) is 6.42 Å². The Bertz CT molecular complexity index is 573. The van der Waals surface area contributed by atoms with E-state index in [4.69, 9.17) is 0 Å². The smallest absolute Gasteiger partial charge is 0.239 e. The Morgan fingerprint density at radius 2 is 1.84 bits per heavy atom. The highest BCUT2D eigenvalue weighted by Crippen LogP contribution is 2.12. The Balaban J connectivity index is 1.91. The normalized spacial score (nSPS) is 10.2. The van der Waals surface area contributed by atoms with E-state index in [0.717, 1.165) is 17.7 Å². The maximum absolute atomic E-state index is 13.2. The number of rotatable bonds is 4. The van der Waals surface area contributed by atoms with Crippen LogP contribution in [0.4, 0.5) is 14.5 Å². The summed E-state index contributed by atoms with van der Waals surface area (Å²) in [6.07, 6.45) is 0.781. The summed E-state index contributed by atoms with van der Waals surface area (Å²) in [7, 11) is 0. The summed E-state index contributed by atoms with van der Waals surface area (Å²) in [4.78, 5) is 14.6. The molecule has 5 heteroatoms. The van der Waals surface area contributed by atoms with Gasteiger partial charge in [0.05, 0.1) is 5.69 Å². The molecule has 2 aromatic rings. The topological polar surface area (TPSA) is 42.0 Å². The fraction of sp³-hybridized carbons (Fsp3) is 0.143. The van der Waals surface area contributed by atoms with Gasteiger partial charge in [0.15, 0.2) is 0 Å². The molecule has 1 aromatic heterocycles. The molecule has 0 atom stereocenters. The number of aryl methyl sites for hydroxylation is 1. The predicted octanol–water partition coefficient (Wildman–Crippen LogP) is 2.93. The number of nitrogens with zero attached hydrogens (tertiary/aromatic N) is 1. The second kappa shape index (κ2) is 6.04. The lowest BCUT2D eigenvalue weighted by molar-refractivity contribution is -0.116. The minimum absolute atomic E-state index is 0.112. The first-order valence-electron chi connectivity index (χ1n) is 5.81. The highest BCUT2D eigenvalue weighted by atomic mass is 19.1. The van der Waals surface area contributed by atoms with Crippen molar-refractivity contribution in [1.82, 2.24) is 4.98 Å². The third-order valence-corrected chi connectivity index (χ3v) is 2.57. The second-order valence-corrected chi connectivity index (χ2v) is 4.01. The molecule has 0 saturated carbocycles. The Hall–Kier alpha value is -2.30. The summed E-state index contributed by atoms with van der Waals surface area (Å²) in [5.41, 5.74) is 0.912. The minimum Gasteiger partial charge on any atom is -0.322 e. The Kier molecular flexibility index (Phi) is 4.18. The van der Waals surface area contributed by atoms with Crippen LogP contribution >= 0.6 is 0 Å². The lowest BCUT2D eigenvalue weighted by Gasteiger charge is -2.05. The van der Waals surface area contributed by atoms with Crippen molar-refractivity contribution in [1.29, 1.82) is 0 Å². The zero-order valence-corrected chi connectivity index (χ0v) is 10.1. The summed E-state index contributed by atoms with van der Waals surface area (Å²) in [6, 6.07) is 11.6. The van der Waals surface area contributed by atoms with Gasteiger partial charge in [-0.05, 0) is 24.1 Å². The van der Waals surface area contributed by atoms with Gasteiger partial charge in [-0.3, -0.25) is 4.79 Å². The summed E-state index contributed by atoms with van der Waals surface area (Å²) in [5.74, 6) is -2.27. The van der Waals surface area contributed by atoms with Gasteiger partial charge in [-0.25, -0.2) is 0 Å². The molecule has 0 unspecified atom stereocenters. The molecule has 0 radical (unpaired) electrons. The van der Waals surface area contributed by atoms with Crippen LogP contribution in [0.5, 0.6) is 0 Å². The summed E-state index contributed by atoms with van der Waals surface area (Å²) in [5, 5.41) is 2.36. The molecule has 0 saturated heterocycles. The monoisotopic (exact) mass is 262 g/mol. The molecule has 1 N–H and O–H groups in total. The number of hydrogen-bond acceptors (Lipinski definition) is 2. The minimum atomic E-state index is -1.02. The molecular weight excluding hydrogens is 250 g/mol.